The minimum Gasteiger partial charge on any atom is -0.311 e. The first-order chi connectivity index (χ1) is 50.8. The second-order valence-electron chi connectivity index (χ2n) is 28.9. The molecule has 12 heteroatoms. The second kappa shape index (κ2) is 25.5. The summed E-state index contributed by atoms with van der Waals surface area (Å²) in [5.74, 6) is 2.06. The summed E-state index contributed by atoms with van der Waals surface area (Å²) in [6.07, 6.45) is 0. The Balaban J connectivity index is 0.962. The molecule has 13 aromatic carbocycles. The molecule has 18 rings (SSSR count). The van der Waals surface area contributed by atoms with Crippen molar-refractivity contribution >= 4 is 116 Å². The van der Waals surface area contributed by atoms with Crippen LogP contribution in [0.1, 0.15) is 58.2 Å². The molecule has 0 amide bonds. The van der Waals surface area contributed by atoms with E-state index in [2.05, 4.69) is 316 Å². The second-order valence-corrected chi connectivity index (χ2v) is 28.9. The predicted octanol–water partition coefficient (Wildman–Crippen LogP) is 20.6. The van der Waals surface area contributed by atoms with Gasteiger partial charge in [-0.25, -0.2) is 4.90 Å². The van der Waals surface area contributed by atoms with Crippen LogP contribution in [0.4, 0.5) is 56.9 Å². The Hall–Kier alpha value is -13.1. The van der Waals surface area contributed by atoms with Gasteiger partial charge < -0.3 is 9.80 Å². The molecule has 0 atom stereocenters. The molecule has 0 aromatic heterocycles. The Bertz CT molecular complexity index is 5200. The van der Waals surface area contributed by atoms with Crippen molar-refractivity contribution in [2.24, 2.45) is 30.0 Å². The monoisotopic (exact) mass is 1340 g/mol. The van der Waals surface area contributed by atoms with Gasteiger partial charge in [0, 0.05) is 62.4 Å². The molecule has 11 nitrogen and oxygen atoms in total. The number of nitrogens with zero attached hydrogens (tertiary/aromatic N) is 11. The highest BCUT2D eigenvalue weighted by Crippen LogP contribution is 2.49. The first-order valence-corrected chi connectivity index (χ1v) is 35.5. The maximum atomic E-state index is 5.71. The number of para-hydroxylation sites is 4. The van der Waals surface area contributed by atoms with Crippen LogP contribution in [0.25, 0.3) is 44.5 Å². The molecule has 5 heterocycles. The van der Waals surface area contributed by atoms with E-state index in [1.54, 1.807) is 4.90 Å². The minimum atomic E-state index is -0.240. The Morgan fingerprint density at radius 1 is 0.260 bits per heavy atom. The highest BCUT2D eigenvalue weighted by molar-refractivity contribution is 7.00. The van der Waals surface area contributed by atoms with Crippen molar-refractivity contribution in [1.29, 1.82) is 0 Å². The van der Waals surface area contributed by atoms with Crippen LogP contribution in [0.15, 0.2) is 358 Å². The summed E-state index contributed by atoms with van der Waals surface area (Å²) in [7, 11) is 0. The lowest BCUT2D eigenvalue weighted by Gasteiger charge is -2.45. The molecule has 5 aliphatic heterocycles. The third-order valence-corrected chi connectivity index (χ3v) is 20.1. The van der Waals surface area contributed by atoms with Gasteiger partial charge in [-0.1, -0.05) is 260 Å². The quantitative estimate of drug-likeness (QED) is 0.120. The van der Waals surface area contributed by atoms with Crippen LogP contribution in [-0.4, -0.2) is 47.2 Å². The molecular formula is C92H72BN11. The molecule has 0 N–H and O–H groups in total. The van der Waals surface area contributed by atoms with Crippen molar-refractivity contribution in [2.45, 2.75) is 52.4 Å². The van der Waals surface area contributed by atoms with Gasteiger partial charge in [-0.3, -0.25) is 9.80 Å². The number of amidine groups is 1. The number of anilines is 10. The zero-order valence-electron chi connectivity index (χ0n) is 58.7. The standard InChI is InChI=1S/C92H72BN11/c1-91(2,3)70-47-49-78-80(59-70)102(76-53-65(61-31-15-7-16-32-61)51-66(54-76)62-33-17-8-18-34-62)82-57-69(58-83-84(82)93(78)79-50-48-71(92(4,5)6)60-81(79)103(83)77-55-67(63-35-19-9-20-36-63)52-68(56-77)64-37-21-10-22-38-64)85-94-86-96-88(100(72-39-23-11-24-40-72)73-41-25-12-26-42-73)98-90-99-89(97-87(95-85)104(86)90)101(74-43-27-13-28-44-74)75-45-29-14-30-46-75/h7-60H,1-6H3. The molecule has 0 unspecified atom stereocenters. The summed E-state index contributed by atoms with van der Waals surface area (Å²) in [6.45, 7) is 13.6. The van der Waals surface area contributed by atoms with Crippen molar-refractivity contribution < 1.29 is 0 Å². The molecule has 0 saturated carbocycles. The summed E-state index contributed by atoms with van der Waals surface area (Å²) in [5, 5.41) is 0. The molecule has 5 aliphatic rings. The zero-order chi connectivity index (χ0) is 70.2. The minimum absolute atomic E-state index is 0.214. The van der Waals surface area contributed by atoms with Crippen LogP contribution >= 0.6 is 0 Å². The fourth-order valence-corrected chi connectivity index (χ4v) is 14.9. The van der Waals surface area contributed by atoms with Crippen LogP contribution in [0.2, 0.25) is 0 Å². The average molecular weight is 1340 g/mol. The third kappa shape index (κ3) is 11.5. The topological polar surface area (TPSA) is 90.4 Å². The number of benzene rings is 13. The fraction of sp³-hybridized carbons (Fsp3) is 0.0870. The van der Waals surface area contributed by atoms with Gasteiger partial charge in [0.2, 0.25) is 29.8 Å². The van der Waals surface area contributed by atoms with E-state index < -0.39 is 0 Å². The first kappa shape index (κ1) is 63.1. The van der Waals surface area contributed by atoms with Gasteiger partial charge in [0.1, 0.15) is 0 Å². The largest absolute Gasteiger partial charge is 0.311 e. The van der Waals surface area contributed by atoms with Gasteiger partial charge in [-0.05, 0) is 192 Å². The lowest BCUT2D eigenvalue weighted by atomic mass is 9.33. The summed E-state index contributed by atoms with van der Waals surface area (Å²) in [5.41, 5.74) is 24.7. The highest BCUT2D eigenvalue weighted by atomic mass is 15.5. The summed E-state index contributed by atoms with van der Waals surface area (Å²) >= 11 is 0. The normalized spacial score (nSPS) is 14.1. The number of fused-ring (bicyclic) bond motifs is 4. The van der Waals surface area contributed by atoms with E-state index in [0.717, 1.165) is 112 Å². The molecule has 0 fully saturated rings. The molecule has 0 saturated heterocycles. The van der Waals surface area contributed by atoms with Gasteiger partial charge in [-0.15, -0.1) is 0 Å². The van der Waals surface area contributed by atoms with Crippen LogP contribution in [0.5, 0.6) is 0 Å². The lowest BCUT2D eigenvalue weighted by molar-refractivity contribution is 0.590. The van der Waals surface area contributed by atoms with Crippen LogP contribution in [-0.2, 0) is 10.8 Å². The summed E-state index contributed by atoms with van der Waals surface area (Å²) in [4.78, 5) is 44.3. The lowest BCUT2D eigenvalue weighted by Crippen LogP contribution is -2.61. The Morgan fingerprint density at radius 3 is 0.894 bits per heavy atom. The molecule has 0 aliphatic carbocycles. The SMILES string of the molecule is CC(C)(C)c1ccc2c(c1)N(c1cc(-c3ccccc3)cc(-c3ccccc3)c1)c1cc(C3=NC4=NC(N(c5ccccc5)c5ccccc5)=NC5=NC(N(c6ccccc6)c6ccccc6)=NC(=N3)N45)cc3c1B2c1ccc(C(C)(C)C)cc1N3c1cc(-c2ccccc2)cc(-c2ccccc2)c1. The molecule has 0 spiro atoms. The van der Waals surface area contributed by atoms with Crippen molar-refractivity contribution in [3.8, 4) is 44.5 Å². The van der Waals surface area contributed by atoms with E-state index in [0.29, 0.717) is 35.6 Å². The number of rotatable bonds is 11. The molecule has 0 bridgehead atoms. The Kier molecular flexibility index (Phi) is 15.5. The van der Waals surface area contributed by atoms with E-state index >= 15 is 0 Å². The molecule has 13 aromatic rings. The van der Waals surface area contributed by atoms with Gasteiger partial charge >= 0.3 is 0 Å². The van der Waals surface area contributed by atoms with E-state index in [9.17, 15) is 0 Å². The van der Waals surface area contributed by atoms with Gasteiger partial charge in [-0.2, -0.15) is 30.0 Å². The van der Waals surface area contributed by atoms with E-state index in [4.69, 9.17) is 30.0 Å². The van der Waals surface area contributed by atoms with Crippen molar-refractivity contribution in [3.05, 3.63) is 344 Å². The predicted molar refractivity (Wildman–Crippen MR) is 435 cm³/mol. The smallest absolute Gasteiger partial charge is 0.252 e. The maximum absolute atomic E-state index is 5.71. The summed E-state index contributed by atoms with van der Waals surface area (Å²) < 4.78 is 0. The molecule has 498 valence electrons. The highest BCUT2D eigenvalue weighted by Gasteiger charge is 2.46. The Labute approximate surface area is 607 Å². The number of guanidine groups is 5. The summed E-state index contributed by atoms with van der Waals surface area (Å²) in [6, 6.07) is 117. The van der Waals surface area contributed by atoms with Gasteiger partial charge in [0.15, 0.2) is 5.84 Å². The molecule has 0 radical (unpaired) electrons. The average Bonchev–Trinajstić information content (AvgIpc) is 0.691. The van der Waals surface area contributed by atoms with Crippen LogP contribution < -0.4 is 36.0 Å². The molecular weight excluding hydrogens is 1270 g/mol. The fourth-order valence-electron chi connectivity index (χ4n) is 14.9. The van der Waals surface area contributed by atoms with Gasteiger partial charge in [0.25, 0.3) is 6.71 Å². The van der Waals surface area contributed by atoms with Crippen molar-refractivity contribution in [3.63, 3.8) is 0 Å². The van der Waals surface area contributed by atoms with Gasteiger partial charge in [0.05, 0.1) is 0 Å². The van der Waals surface area contributed by atoms with Crippen LogP contribution in [0.3, 0.4) is 0 Å². The zero-order valence-corrected chi connectivity index (χ0v) is 58.7. The number of aliphatic imine (C=N–C) groups is 6. The maximum Gasteiger partial charge on any atom is 0.252 e. The van der Waals surface area contributed by atoms with Crippen LogP contribution in [0, 0.1) is 0 Å². The number of hydrogen-bond acceptors (Lipinski definition) is 11. The van der Waals surface area contributed by atoms with Crippen molar-refractivity contribution in [1.82, 2.24) is 4.90 Å². The third-order valence-electron chi connectivity index (χ3n) is 20.1. The Morgan fingerprint density at radius 2 is 0.567 bits per heavy atom. The van der Waals surface area contributed by atoms with E-state index in [-0.39, 0.29) is 17.5 Å². The number of hydrogen-bond donors (Lipinski definition) is 0. The van der Waals surface area contributed by atoms with E-state index in [1.165, 1.54) is 22.1 Å². The molecule has 104 heavy (non-hydrogen) atoms. The van der Waals surface area contributed by atoms with Crippen molar-refractivity contribution in [2.75, 3.05) is 19.6 Å². The first-order valence-electron chi connectivity index (χ1n) is 35.5. The van der Waals surface area contributed by atoms with E-state index in [1.807, 2.05) is 72.8 Å².